The molecule has 0 amide bonds. The first-order chi connectivity index (χ1) is 8.97. The van der Waals surface area contributed by atoms with Crippen LogP contribution in [0, 0.1) is 12.7 Å². The monoisotopic (exact) mass is 324 g/mol. The second-order valence-electron chi connectivity index (χ2n) is 4.38. The van der Waals surface area contributed by atoms with Crippen molar-refractivity contribution in [3.05, 3.63) is 57.8 Å². The third-order valence-corrected chi connectivity index (χ3v) is 3.42. The molecule has 0 aliphatic rings. The summed E-state index contributed by atoms with van der Waals surface area (Å²) in [7, 11) is 0. The van der Waals surface area contributed by atoms with Gasteiger partial charge in [0.25, 0.3) is 0 Å². The predicted molar refractivity (Wildman–Crippen MR) is 76.0 cm³/mol. The van der Waals surface area contributed by atoms with Gasteiger partial charge in [-0.1, -0.05) is 6.07 Å². The van der Waals surface area contributed by atoms with Crippen LogP contribution in [0.5, 0.6) is 11.5 Å². The first kappa shape index (κ1) is 14.0. The van der Waals surface area contributed by atoms with E-state index in [2.05, 4.69) is 15.9 Å². The minimum Gasteiger partial charge on any atom is -0.456 e. The quantitative estimate of drug-likeness (QED) is 0.883. The summed E-state index contributed by atoms with van der Waals surface area (Å²) in [6.45, 7) is 3.39. The van der Waals surface area contributed by atoms with Crippen molar-refractivity contribution in [3.63, 3.8) is 0 Å². The number of benzene rings is 2. The molecule has 0 aliphatic heterocycles. The molecule has 100 valence electrons. The SMILES string of the molecule is Cc1cc(Oc2ccc(C(C)O)cc2Br)ccc1F. The van der Waals surface area contributed by atoms with E-state index in [0.717, 1.165) is 10.0 Å². The Morgan fingerprint density at radius 1 is 1.21 bits per heavy atom. The fourth-order valence-electron chi connectivity index (χ4n) is 1.67. The molecule has 0 bridgehead atoms. The van der Waals surface area contributed by atoms with Gasteiger partial charge in [0, 0.05) is 0 Å². The molecule has 0 saturated heterocycles. The molecule has 0 aromatic heterocycles. The highest BCUT2D eigenvalue weighted by molar-refractivity contribution is 9.10. The van der Waals surface area contributed by atoms with E-state index in [9.17, 15) is 9.50 Å². The summed E-state index contributed by atoms with van der Waals surface area (Å²) < 4.78 is 19.6. The van der Waals surface area contributed by atoms with Gasteiger partial charge in [0.1, 0.15) is 17.3 Å². The highest BCUT2D eigenvalue weighted by Gasteiger charge is 2.08. The van der Waals surface area contributed by atoms with Gasteiger partial charge in [-0.3, -0.25) is 0 Å². The van der Waals surface area contributed by atoms with Crippen LogP contribution in [0.3, 0.4) is 0 Å². The summed E-state index contributed by atoms with van der Waals surface area (Å²) in [5.41, 5.74) is 1.34. The van der Waals surface area contributed by atoms with Crippen LogP contribution >= 0.6 is 15.9 Å². The number of aryl methyl sites for hydroxylation is 1. The number of ether oxygens (including phenoxy) is 1. The van der Waals surface area contributed by atoms with Crippen LogP contribution in [0.4, 0.5) is 4.39 Å². The molecule has 0 spiro atoms. The Morgan fingerprint density at radius 2 is 1.95 bits per heavy atom. The molecule has 0 radical (unpaired) electrons. The van der Waals surface area contributed by atoms with Crippen molar-refractivity contribution in [2.75, 3.05) is 0 Å². The standard InChI is InChI=1S/C15H14BrFO2/c1-9-7-12(4-5-14(9)17)19-15-6-3-11(10(2)18)8-13(15)16/h3-8,10,18H,1-2H3. The molecule has 4 heteroatoms. The molecule has 0 saturated carbocycles. The Labute approximate surface area is 120 Å². The molecule has 2 aromatic carbocycles. The van der Waals surface area contributed by atoms with Gasteiger partial charge in [0.05, 0.1) is 10.6 Å². The molecule has 2 rings (SSSR count). The number of aliphatic hydroxyl groups excluding tert-OH is 1. The van der Waals surface area contributed by atoms with Gasteiger partial charge in [-0.2, -0.15) is 0 Å². The van der Waals surface area contributed by atoms with E-state index in [0.29, 0.717) is 17.1 Å². The van der Waals surface area contributed by atoms with Crippen LogP contribution in [-0.2, 0) is 0 Å². The van der Waals surface area contributed by atoms with Crippen LogP contribution in [-0.4, -0.2) is 5.11 Å². The van der Waals surface area contributed by atoms with Crippen molar-refractivity contribution in [2.24, 2.45) is 0 Å². The first-order valence-electron chi connectivity index (χ1n) is 5.89. The lowest BCUT2D eigenvalue weighted by molar-refractivity contribution is 0.199. The zero-order valence-electron chi connectivity index (χ0n) is 10.7. The fourth-order valence-corrected chi connectivity index (χ4v) is 2.14. The first-order valence-corrected chi connectivity index (χ1v) is 6.68. The molecule has 0 heterocycles. The second kappa shape index (κ2) is 5.72. The topological polar surface area (TPSA) is 29.5 Å². The summed E-state index contributed by atoms with van der Waals surface area (Å²) in [6.07, 6.45) is -0.529. The van der Waals surface area contributed by atoms with E-state index >= 15 is 0 Å². The Morgan fingerprint density at radius 3 is 2.53 bits per heavy atom. The van der Waals surface area contributed by atoms with Gasteiger partial charge in [-0.25, -0.2) is 4.39 Å². The number of rotatable bonds is 3. The van der Waals surface area contributed by atoms with E-state index in [4.69, 9.17) is 4.74 Å². The van der Waals surface area contributed by atoms with Gasteiger partial charge in [0.2, 0.25) is 0 Å². The van der Waals surface area contributed by atoms with Crippen LogP contribution < -0.4 is 4.74 Å². The molecule has 0 aliphatic carbocycles. The van der Waals surface area contributed by atoms with Crippen molar-refractivity contribution >= 4 is 15.9 Å². The Kier molecular flexibility index (Phi) is 4.22. The summed E-state index contributed by atoms with van der Waals surface area (Å²) in [5, 5.41) is 9.49. The van der Waals surface area contributed by atoms with E-state index < -0.39 is 6.10 Å². The Hall–Kier alpha value is -1.39. The molecule has 2 nitrogen and oxygen atoms in total. The molecule has 1 N–H and O–H groups in total. The van der Waals surface area contributed by atoms with Crippen molar-refractivity contribution < 1.29 is 14.2 Å². The van der Waals surface area contributed by atoms with Crippen LogP contribution in [0.15, 0.2) is 40.9 Å². The summed E-state index contributed by atoms with van der Waals surface area (Å²) in [4.78, 5) is 0. The van der Waals surface area contributed by atoms with Crippen molar-refractivity contribution in [3.8, 4) is 11.5 Å². The third kappa shape index (κ3) is 3.33. The fraction of sp³-hybridized carbons (Fsp3) is 0.200. The van der Waals surface area contributed by atoms with E-state index in [-0.39, 0.29) is 5.82 Å². The highest BCUT2D eigenvalue weighted by atomic mass is 79.9. The zero-order chi connectivity index (χ0) is 14.0. The van der Waals surface area contributed by atoms with Gasteiger partial charge >= 0.3 is 0 Å². The number of halogens is 2. The Balaban J connectivity index is 2.25. The highest BCUT2D eigenvalue weighted by Crippen LogP contribution is 2.32. The summed E-state index contributed by atoms with van der Waals surface area (Å²) >= 11 is 3.40. The maximum atomic E-state index is 13.2. The maximum absolute atomic E-state index is 13.2. The van der Waals surface area contributed by atoms with Crippen molar-refractivity contribution in [2.45, 2.75) is 20.0 Å². The number of hydrogen-bond donors (Lipinski definition) is 1. The zero-order valence-corrected chi connectivity index (χ0v) is 12.2. The van der Waals surface area contributed by atoms with E-state index in [1.807, 2.05) is 0 Å². The van der Waals surface area contributed by atoms with Gasteiger partial charge in [-0.15, -0.1) is 0 Å². The maximum Gasteiger partial charge on any atom is 0.141 e. The third-order valence-electron chi connectivity index (χ3n) is 2.80. The second-order valence-corrected chi connectivity index (χ2v) is 5.23. The van der Waals surface area contributed by atoms with E-state index in [1.54, 1.807) is 44.2 Å². The van der Waals surface area contributed by atoms with Crippen LogP contribution in [0.25, 0.3) is 0 Å². The molecular weight excluding hydrogens is 311 g/mol. The minimum atomic E-state index is -0.529. The average molecular weight is 325 g/mol. The van der Waals surface area contributed by atoms with Crippen LogP contribution in [0.1, 0.15) is 24.2 Å². The average Bonchev–Trinajstić information content (AvgIpc) is 2.36. The van der Waals surface area contributed by atoms with Crippen LogP contribution in [0.2, 0.25) is 0 Å². The minimum absolute atomic E-state index is 0.254. The predicted octanol–water partition coefficient (Wildman–Crippen LogP) is 4.74. The normalized spacial score (nSPS) is 12.3. The Bertz CT molecular complexity index is 597. The van der Waals surface area contributed by atoms with Gasteiger partial charge in [-0.05, 0) is 71.2 Å². The molecule has 1 unspecified atom stereocenters. The van der Waals surface area contributed by atoms with Gasteiger partial charge in [0.15, 0.2) is 0 Å². The molecular formula is C15H14BrFO2. The number of hydrogen-bond acceptors (Lipinski definition) is 2. The summed E-state index contributed by atoms with van der Waals surface area (Å²) in [6, 6.07) is 9.97. The lowest BCUT2D eigenvalue weighted by atomic mass is 10.1. The lowest BCUT2D eigenvalue weighted by Crippen LogP contribution is -1.93. The van der Waals surface area contributed by atoms with Gasteiger partial charge < -0.3 is 9.84 Å². The molecule has 1 atom stereocenters. The lowest BCUT2D eigenvalue weighted by Gasteiger charge is -2.11. The van der Waals surface area contributed by atoms with Crippen molar-refractivity contribution in [1.29, 1.82) is 0 Å². The summed E-state index contributed by atoms with van der Waals surface area (Å²) in [5.74, 6) is 0.940. The number of aliphatic hydroxyl groups is 1. The largest absolute Gasteiger partial charge is 0.456 e. The molecule has 0 fully saturated rings. The van der Waals surface area contributed by atoms with Crippen molar-refractivity contribution in [1.82, 2.24) is 0 Å². The molecule has 2 aromatic rings. The molecule has 19 heavy (non-hydrogen) atoms. The smallest absolute Gasteiger partial charge is 0.141 e. The van der Waals surface area contributed by atoms with E-state index in [1.165, 1.54) is 6.07 Å².